The minimum atomic E-state index is 0.158. The summed E-state index contributed by atoms with van der Waals surface area (Å²) in [4.78, 5) is 2.18. The van der Waals surface area contributed by atoms with E-state index in [-0.39, 0.29) is 6.04 Å². The van der Waals surface area contributed by atoms with Crippen LogP contribution in [-0.2, 0) is 7.05 Å². The highest BCUT2D eigenvalue weighted by Gasteiger charge is 2.17. The number of anilines is 1. The number of para-hydroxylation sites is 1. The molecule has 90 valence electrons. The van der Waals surface area contributed by atoms with Crippen molar-refractivity contribution in [3.05, 3.63) is 48.3 Å². The molecule has 1 atom stereocenters. The van der Waals surface area contributed by atoms with Crippen molar-refractivity contribution in [2.24, 2.45) is 12.8 Å². The molecule has 1 heterocycles. The minimum Gasteiger partial charge on any atom is -0.366 e. The van der Waals surface area contributed by atoms with Crippen LogP contribution in [0, 0.1) is 0 Å². The number of nitrogens with two attached hydrogens (primary N) is 1. The molecule has 1 aromatic heterocycles. The molecular weight excluding hydrogens is 212 g/mol. The average Bonchev–Trinajstić information content (AvgIpc) is 2.78. The van der Waals surface area contributed by atoms with E-state index in [9.17, 15) is 0 Å². The second kappa shape index (κ2) is 5.01. The summed E-state index contributed by atoms with van der Waals surface area (Å²) in [5.74, 6) is 0. The highest BCUT2D eigenvalue weighted by atomic mass is 15.2. The zero-order valence-electron chi connectivity index (χ0n) is 10.2. The van der Waals surface area contributed by atoms with Crippen molar-refractivity contribution in [1.82, 2.24) is 9.78 Å². The molecule has 0 radical (unpaired) electrons. The lowest BCUT2D eigenvalue weighted by Crippen LogP contribution is -2.30. The van der Waals surface area contributed by atoms with Crippen LogP contribution >= 0.6 is 0 Å². The van der Waals surface area contributed by atoms with E-state index in [1.807, 2.05) is 37.6 Å². The number of aromatic nitrogens is 2. The standard InChI is InChI=1S/C13H18N4/c1-16-10-11(9-15-16)13(8-14)17(2)12-6-4-3-5-7-12/h3-7,9-10,13H,8,14H2,1-2H3. The maximum atomic E-state index is 5.87. The van der Waals surface area contributed by atoms with Crippen molar-refractivity contribution < 1.29 is 0 Å². The van der Waals surface area contributed by atoms with Crippen LogP contribution in [0.5, 0.6) is 0 Å². The van der Waals surface area contributed by atoms with Crippen molar-refractivity contribution in [3.8, 4) is 0 Å². The number of hydrogen-bond donors (Lipinski definition) is 1. The van der Waals surface area contributed by atoms with E-state index in [1.54, 1.807) is 4.68 Å². The van der Waals surface area contributed by atoms with Gasteiger partial charge in [-0.2, -0.15) is 5.10 Å². The van der Waals surface area contributed by atoms with Gasteiger partial charge >= 0.3 is 0 Å². The van der Waals surface area contributed by atoms with Gasteiger partial charge < -0.3 is 10.6 Å². The van der Waals surface area contributed by atoms with Gasteiger partial charge in [-0.25, -0.2) is 0 Å². The third kappa shape index (κ3) is 2.47. The molecular formula is C13H18N4. The Hall–Kier alpha value is -1.81. The van der Waals surface area contributed by atoms with Gasteiger partial charge in [-0.3, -0.25) is 4.68 Å². The maximum absolute atomic E-state index is 5.87. The Balaban J connectivity index is 2.25. The van der Waals surface area contributed by atoms with E-state index < -0.39 is 0 Å². The molecule has 0 saturated carbocycles. The van der Waals surface area contributed by atoms with E-state index in [1.165, 1.54) is 0 Å². The monoisotopic (exact) mass is 230 g/mol. The van der Waals surface area contributed by atoms with Crippen LogP contribution in [0.25, 0.3) is 0 Å². The summed E-state index contributed by atoms with van der Waals surface area (Å²) in [6.07, 6.45) is 3.88. The fourth-order valence-electron chi connectivity index (χ4n) is 1.97. The van der Waals surface area contributed by atoms with E-state index >= 15 is 0 Å². The smallest absolute Gasteiger partial charge is 0.0692 e. The van der Waals surface area contributed by atoms with Crippen LogP contribution in [0.2, 0.25) is 0 Å². The Labute approximate surface area is 102 Å². The summed E-state index contributed by atoms with van der Waals surface area (Å²) in [7, 11) is 3.97. The molecule has 0 aliphatic heterocycles. The number of nitrogens with zero attached hydrogens (tertiary/aromatic N) is 3. The van der Waals surface area contributed by atoms with Crippen LogP contribution in [0.3, 0.4) is 0 Å². The van der Waals surface area contributed by atoms with Crippen LogP contribution < -0.4 is 10.6 Å². The zero-order chi connectivity index (χ0) is 12.3. The summed E-state index contributed by atoms with van der Waals surface area (Å²) in [5.41, 5.74) is 8.17. The molecule has 0 bridgehead atoms. The van der Waals surface area contributed by atoms with Gasteiger partial charge in [0, 0.05) is 38.1 Å². The average molecular weight is 230 g/mol. The fraction of sp³-hybridized carbons (Fsp3) is 0.308. The Morgan fingerprint density at radius 3 is 2.59 bits per heavy atom. The first-order valence-electron chi connectivity index (χ1n) is 5.69. The molecule has 2 aromatic rings. The number of benzene rings is 1. The number of likely N-dealkylation sites (N-methyl/N-ethyl adjacent to an activating group) is 1. The number of aryl methyl sites for hydroxylation is 1. The number of hydrogen-bond acceptors (Lipinski definition) is 3. The van der Waals surface area contributed by atoms with Gasteiger partial charge in [0.1, 0.15) is 0 Å². The van der Waals surface area contributed by atoms with Crippen molar-refractivity contribution in [1.29, 1.82) is 0 Å². The van der Waals surface area contributed by atoms with Gasteiger partial charge in [-0.15, -0.1) is 0 Å². The molecule has 0 saturated heterocycles. The highest BCUT2D eigenvalue weighted by Crippen LogP contribution is 2.23. The molecule has 0 amide bonds. The molecule has 2 N–H and O–H groups in total. The highest BCUT2D eigenvalue weighted by molar-refractivity contribution is 5.47. The van der Waals surface area contributed by atoms with Gasteiger partial charge in [0.15, 0.2) is 0 Å². The largest absolute Gasteiger partial charge is 0.366 e. The van der Waals surface area contributed by atoms with Crippen molar-refractivity contribution >= 4 is 5.69 Å². The summed E-state index contributed by atoms with van der Waals surface area (Å²) >= 11 is 0. The van der Waals surface area contributed by atoms with Gasteiger partial charge in [0.25, 0.3) is 0 Å². The molecule has 0 aliphatic carbocycles. The first-order chi connectivity index (χ1) is 8.22. The topological polar surface area (TPSA) is 47.1 Å². The van der Waals surface area contributed by atoms with Crippen LogP contribution in [0.4, 0.5) is 5.69 Å². The Kier molecular flexibility index (Phi) is 3.44. The third-order valence-corrected chi connectivity index (χ3v) is 2.96. The molecule has 0 spiro atoms. The second-order valence-electron chi connectivity index (χ2n) is 4.15. The molecule has 1 aromatic carbocycles. The summed E-state index contributed by atoms with van der Waals surface area (Å²) in [6.45, 7) is 0.567. The van der Waals surface area contributed by atoms with Crippen molar-refractivity contribution in [3.63, 3.8) is 0 Å². The Morgan fingerprint density at radius 1 is 1.35 bits per heavy atom. The molecule has 0 fully saturated rings. The van der Waals surface area contributed by atoms with Gasteiger partial charge in [-0.1, -0.05) is 18.2 Å². The molecule has 1 unspecified atom stereocenters. The van der Waals surface area contributed by atoms with E-state index in [0.717, 1.165) is 11.3 Å². The van der Waals surface area contributed by atoms with E-state index in [4.69, 9.17) is 5.73 Å². The predicted molar refractivity (Wildman–Crippen MR) is 69.8 cm³/mol. The van der Waals surface area contributed by atoms with Crippen LogP contribution in [-0.4, -0.2) is 23.4 Å². The minimum absolute atomic E-state index is 0.158. The van der Waals surface area contributed by atoms with Gasteiger partial charge in [-0.05, 0) is 12.1 Å². The first-order valence-corrected chi connectivity index (χ1v) is 5.69. The summed E-state index contributed by atoms with van der Waals surface area (Å²) in [6, 6.07) is 10.4. The fourth-order valence-corrected chi connectivity index (χ4v) is 1.97. The molecule has 4 nitrogen and oxygen atoms in total. The van der Waals surface area contributed by atoms with Crippen molar-refractivity contribution in [2.75, 3.05) is 18.5 Å². The molecule has 4 heteroatoms. The van der Waals surface area contributed by atoms with Crippen LogP contribution in [0.15, 0.2) is 42.7 Å². The van der Waals surface area contributed by atoms with Gasteiger partial charge in [0.2, 0.25) is 0 Å². The lowest BCUT2D eigenvalue weighted by Gasteiger charge is -2.28. The van der Waals surface area contributed by atoms with E-state index in [2.05, 4.69) is 29.2 Å². The normalized spacial score (nSPS) is 12.4. The molecule has 17 heavy (non-hydrogen) atoms. The quantitative estimate of drug-likeness (QED) is 0.867. The Morgan fingerprint density at radius 2 is 2.06 bits per heavy atom. The number of rotatable bonds is 4. The second-order valence-corrected chi connectivity index (χ2v) is 4.15. The molecule has 2 rings (SSSR count). The van der Waals surface area contributed by atoms with Crippen molar-refractivity contribution in [2.45, 2.75) is 6.04 Å². The Bertz CT molecular complexity index is 463. The van der Waals surface area contributed by atoms with E-state index in [0.29, 0.717) is 6.54 Å². The van der Waals surface area contributed by atoms with Crippen LogP contribution in [0.1, 0.15) is 11.6 Å². The summed E-state index contributed by atoms with van der Waals surface area (Å²) < 4.78 is 1.80. The summed E-state index contributed by atoms with van der Waals surface area (Å²) in [5, 5.41) is 4.20. The lowest BCUT2D eigenvalue weighted by atomic mass is 10.1. The molecule has 0 aliphatic rings. The third-order valence-electron chi connectivity index (χ3n) is 2.96. The first kappa shape index (κ1) is 11.7. The maximum Gasteiger partial charge on any atom is 0.0692 e. The zero-order valence-corrected chi connectivity index (χ0v) is 10.2. The van der Waals surface area contributed by atoms with Gasteiger partial charge in [0.05, 0.1) is 12.2 Å². The lowest BCUT2D eigenvalue weighted by molar-refractivity contribution is 0.678. The predicted octanol–water partition coefficient (Wildman–Crippen LogP) is 1.56. The SMILES string of the molecule is CN(c1ccccc1)C(CN)c1cnn(C)c1.